The number of fused-ring (bicyclic) bond motifs is 3. The Bertz CT molecular complexity index is 1870. The Hall–Kier alpha value is -4.33. The number of amides is 4. The molecule has 1 aliphatic heterocycles. The van der Waals surface area contributed by atoms with Crippen LogP contribution in [0.2, 0.25) is 0 Å². The number of thioether (sulfide) groups is 2. The number of rotatable bonds is 25. The second-order valence-corrected chi connectivity index (χ2v) is 17.0. The lowest BCUT2D eigenvalue weighted by molar-refractivity contribution is -0.130. The number of hydrogen-bond donors (Lipinski definition) is 4. The van der Waals surface area contributed by atoms with Crippen LogP contribution in [-0.4, -0.2) is 123 Å². The summed E-state index contributed by atoms with van der Waals surface area (Å²) >= 11 is 4.06. The van der Waals surface area contributed by atoms with Gasteiger partial charge in [-0.05, 0) is 55.2 Å². The lowest BCUT2D eigenvalue weighted by atomic mass is 10.1. The Balaban J connectivity index is 0.833. The molecule has 0 bridgehead atoms. The van der Waals surface area contributed by atoms with E-state index in [1.807, 2.05) is 35.7 Å². The van der Waals surface area contributed by atoms with Crippen LogP contribution in [0, 0.1) is 0 Å². The molecular formula is C43H58N6O10S2. The van der Waals surface area contributed by atoms with Crippen molar-refractivity contribution in [1.29, 1.82) is 0 Å². The highest BCUT2D eigenvalue weighted by atomic mass is 32.2. The summed E-state index contributed by atoms with van der Waals surface area (Å²) in [6.07, 6.45) is 6.95. The molecule has 4 N–H and O–H groups in total. The first-order chi connectivity index (χ1) is 29.8. The van der Waals surface area contributed by atoms with Crippen molar-refractivity contribution >= 4 is 70.3 Å². The standard InChI is InChI=1S/C43H58N6O10S2/c1-2-33(43(54)45-25-41(52)46-32-11-8-30(9-12-32)26-59-29-50)49-40(51)14-16-55-18-20-57-22-23-58-21-19-56-17-15-44-42(53)31-10-13-34-35(24-31)48-37-28-61-39-7-5-3-4-6-38(39)60-27-36(37)47-34/h8-13,24,29,33,38-39H,2-7,14-23,25-28H2,1H3,(H,44,53)(H,45,54)(H,46,52)(H,49,51). The van der Waals surface area contributed by atoms with Crippen LogP contribution < -0.4 is 21.3 Å². The van der Waals surface area contributed by atoms with Crippen molar-refractivity contribution in [3.8, 4) is 0 Å². The topological polar surface area (TPSA) is 205 Å². The highest BCUT2D eigenvalue weighted by molar-refractivity contribution is 8.03. The van der Waals surface area contributed by atoms with E-state index in [4.69, 9.17) is 33.7 Å². The number of hydrogen-bond acceptors (Lipinski definition) is 14. The third-order valence-corrected chi connectivity index (χ3v) is 13.0. The summed E-state index contributed by atoms with van der Waals surface area (Å²) in [6.45, 7) is 4.97. The van der Waals surface area contributed by atoms with Gasteiger partial charge in [-0.25, -0.2) is 9.97 Å². The Labute approximate surface area is 365 Å². The molecule has 4 amide bonds. The molecule has 1 saturated carbocycles. The van der Waals surface area contributed by atoms with Crippen LogP contribution in [0.5, 0.6) is 0 Å². The van der Waals surface area contributed by atoms with Crippen molar-refractivity contribution in [3.63, 3.8) is 0 Å². The molecule has 18 heteroatoms. The summed E-state index contributed by atoms with van der Waals surface area (Å²) in [4.78, 5) is 70.3. The van der Waals surface area contributed by atoms with Crippen molar-refractivity contribution < 1.29 is 47.7 Å². The molecule has 3 aromatic rings. The van der Waals surface area contributed by atoms with Gasteiger partial charge in [0.25, 0.3) is 12.4 Å². The first-order valence-electron chi connectivity index (χ1n) is 21.0. The second kappa shape index (κ2) is 26.9. The normalized spacial score (nSPS) is 16.7. The van der Waals surface area contributed by atoms with Gasteiger partial charge < -0.3 is 45.0 Å². The lowest BCUT2D eigenvalue weighted by Gasteiger charge is -2.27. The lowest BCUT2D eigenvalue weighted by Crippen LogP contribution is -2.48. The quantitative estimate of drug-likeness (QED) is 0.0692. The molecule has 2 heterocycles. The van der Waals surface area contributed by atoms with E-state index in [2.05, 4.69) is 21.3 Å². The number of nitrogens with zero attached hydrogens (tertiary/aromatic N) is 2. The fourth-order valence-corrected chi connectivity index (χ4v) is 9.73. The van der Waals surface area contributed by atoms with Gasteiger partial charge >= 0.3 is 0 Å². The SMILES string of the molecule is CCC(NC(=O)CCOCCOCCOCCOCCNC(=O)c1ccc2nc3c(nc2c1)CSC1CCCCCC1SC3)C(=O)NCC(=O)Nc1ccc(COC=O)cc1. The molecule has 0 saturated heterocycles. The molecule has 0 spiro atoms. The van der Waals surface area contributed by atoms with Gasteiger partial charge in [0.05, 0.1) is 81.8 Å². The fraction of sp³-hybridized carbons (Fsp3) is 0.558. The van der Waals surface area contributed by atoms with Crippen molar-refractivity contribution in [2.45, 2.75) is 86.5 Å². The monoisotopic (exact) mass is 882 g/mol. The van der Waals surface area contributed by atoms with Gasteiger partial charge in [0.1, 0.15) is 12.6 Å². The van der Waals surface area contributed by atoms with E-state index < -0.39 is 17.9 Å². The van der Waals surface area contributed by atoms with Crippen LogP contribution in [0.25, 0.3) is 11.0 Å². The minimum Gasteiger partial charge on any atom is -0.463 e. The first-order valence-corrected chi connectivity index (χ1v) is 23.1. The minimum absolute atomic E-state index is 0.0599. The van der Waals surface area contributed by atoms with Crippen LogP contribution in [0.3, 0.4) is 0 Å². The summed E-state index contributed by atoms with van der Waals surface area (Å²) in [7, 11) is 0. The number of benzene rings is 2. The Morgan fingerprint density at radius 2 is 1.38 bits per heavy atom. The summed E-state index contributed by atoms with van der Waals surface area (Å²) in [5, 5.41) is 12.1. The number of ether oxygens (including phenoxy) is 5. The molecule has 2 aliphatic rings. The number of carbonyl (C=O) groups excluding carboxylic acids is 5. The molecule has 1 aromatic heterocycles. The van der Waals surface area contributed by atoms with Crippen molar-refractivity contribution in [2.75, 3.05) is 71.3 Å². The number of anilines is 1. The Morgan fingerprint density at radius 1 is 0.754 bits per heavy atom. The van der Waals surface area contributed by atoms with Gasteiger partial charge in [-0.15, -0.1) is 0 Å². The van der Waals surface area contributed by atoms with Crippen LogP contribution in [-0.2, 0) is 61.0 Å². The average molecular weight is 883 g/mol. The van der Waals surface area contributed by atoms with E-state index in [9.17, 15) is 24.0 Å². The zero-order valence-corrected chi connectivity index (χ0v) is 36.4. The molecule has 2 aromatic carbocycles. The van der Waals surface area contributed by atoms with Crippen molar-refractivity contribution in [2.24, 2.45) is 0 Å². The molecule has 1 fully saturated rings. The number of carbonyl (C=O) groups is 5. The largest absolute Gasteiger partial charge is 0.463 e. The summed E-state index contributed by atoms with van der Waals surface area (Å²) in [5.41, 5.74) is 5.51. The van der Waals surface area contributed by atoms with E-state index in [1.165, 1.54) is 32.1 Å². The molecule has 332 valence electrons. The van der Waals surface area contributed by atoms with Crippen LogP contribution in [0.1, 0.15) is 79.2 Å². The smallest absolute Gasteiger partial charge is 0.293 e. The molecular weight excluding hydrogens is 825 g/mol. The van der Waals surface area contributed by atoms with Crippen LogP contribution in [0.4, 0.5) is 5.69 Å². The van der Waals surface area contributed by atoms with E-state index in [0.717, 1.165) is 39.5 Å². The fourth-order valence-electron chi connectivity index (χ4n) is 6.69. The van der Waals surface area contributed by atoms with Crippen molar-refractivity contribution in [3.05, 3.63) is 65.0 Å². The van der Waals surface area contributed by atoms with Gasteiger partial charge in [-0.3, -0.25) is 24.0 Å². The van der Waals surface area contributed by atoms with E-state index in [0.29, 0.717) is 80.8 Å². The first kappa shape index (κ1) is 47.7. The van der Waals surface area contributed by atoms with Crippen LogP contribution >= 0.6 is 23.5 Å². The highest BCUT2D eigenvalue weighted by Crippen LogP contribution is 2.40. The van der Waals surface area contributed by atoms with E-state index in [-0.39, 0.29) is 44.6 Å². The van der Waals surface area contributed by atoms with Gasteiger partial charge in [-0.2, -0.15) is 23.5 Å². The van der Waals surface area contributed by atoms with Gasteiger partial charge in [0.2, 0.25) is 17.7 Å². The van der Waals surface area contributed by atoms with Crippen LogP contribution in [0.15, 0.2) is 42.5 Å². The predicted molar refractivity (Wildman–Crippen MR) is 234 cm³/mol. The van der Waals surface area contributed by atoms with Gasteiger partial charge in [-0.1, -0.05) is 38.3 Å². The molecule has 61 heavy (non-hydrogen) atoms. The molecule has 3 unspecified atom stereocenters. The summed E-state index contributed by atoms with van der Waals surface area (Å²) in [6, 6.07) is 11.4. The highest BCUT2D eigenvalue weighted by Gasteiger charge is 2.28. The second-order valence-electron chi connectivity index (χ2n) is 14.5. The zero-order valence-electron chi connectivity index (χ0n) is 34.8. The predicted octanol–water partition coefficient (Wildman–Crippen LogP) is 4.32. The minimum atomic E-state index is -0.794. The molecule has 16 nitrogen and oxygen atoms in total. The van der Waals surface area contributed by atoms with Gasteiger partial charge in [0.15, 0.2) is 0 Å². The Kier molecular flexibility index (Phi) is 21.0. The van der Waals surface area contributed by atoms with E-state index >= 15 is 0 Å². The zero-order chi connectivity index (χ0) is 43.1. The maximum atomic E-state index is 12.9. The summed E-state index contributed by atoms with van der Waals surface area (Å²) in [5.74, 6) is 0.329. The Morgan fingerprint density at radius 3 is 2.02 bits per heavy atom. The molecule has 3 atom stereocenters. The molecule has 1 aliphatic carbocycles. The molecule has 0 radical (unpaired) electrons. The summed E-state index contributed by atoms with van der Waals surface area (Å²) < 4.78 is 26.8. The molecule has 5 rings (SSSR count). The van der Waals surface area contributed by atoms with Crippen molar-refractivity contribution in [1.82, 2.24) is 25.9 Å². The third kappa shape index (κ3) is 16.8. The van der Waals surface area contributed by atoms with E-state index in [1.54, 1.807) is 37.3 Å². The maximum absolute atomic E-state index is 12.9. The number of nitrogens with one attached hydrogen (secondary N) is 4. The number of aromatic nitrogens is 2. The average Bonchev–Trinajstić information content (AvgIpc) is 3.50. The maximum Gasteiger partial charge on any atom is 0.293 e. The third-order valence-electron chi connectivity index (χ3n) is 10.0. The van der Waals surface area contributed by atoms with Gasteiger partial charge in [0, 0.05) is 46.2 Å².